The molecule has 2 atom stereocenters. The normalized spacial score (nSPS) is 23.2. The van der Waals surface area contributed by atoms with Crippen molar-refractivity contribution in [2.75, 3.05) is 17.3 Å². The standard InChI is InChI=1S/C8H16N6S2/c1-14-12-8(11-13-14)4-6(10-9)7-5-15-2-3-16-7/h6-7,10H,2-5,9H2,1H3. The molecule has 1 fully saturated rings. The van der Waals surface area contributed by atoms with E-state index in [-0.39, 0.29) is 6.04 Å². The van der Waals surface area contributed by atoms with Crippen molar-refractivity contribution in [3.8, 4) is 0 Å². The van der Waals surface area contributed by atoms with E-state index in [4.69, 9.17) is 5.84 Å². The number of rotatable bonds is 4. The number of hydrogen-bond donors (Lipinski definition) is 2. The number of tetrazole rings is 1. The molecule has 1 aromatic rings. The molecule has 90 valence electrons. The Hall–Kier alpha value is -0.310. The van der Waals surface area contributed by atoms with Crippen LogP contribution in [0.2, 0.25) is 0 Å². The van der Waals surface area contributed by atoms with Crippen molar-refractivity contribution in [3.05, 3.63) is 5.82 Å². The Morgan fingerprint density at radius 1 is 1.62 bits per heavy atom. The number of hydrogen-bond acceptors (Lipinski definition) is 7. The zero-order valence-corrected chi connectivity index (χ0v) is 10.8. The van der Waals surface area contributed by atoms with Gasteiger partial charge in [-0.15, -0.1) is 10.2 Å². The number of nitrogens with two attached hydrogens (primary N) is 1. The Kier molecular flexibility index (Phi) is 4.45. The van der Waals surface area contributed by atoms with E-state index in [1.54, 1.807) is 7.05 Å². The highest BCUT2D eigenvalue weighted by Gasteiger charge is 2.25. The third kappa shape index (κ3) is 3.09. The number of nitrogens with one attached hydrogen (secondary N) is 1. The van der Waals surface area contributed by atoms with Crippen molar-refractivity contribution in [1.82, 2.24) is 25.6 Å². The third-order valence-electron chi connectivity index (χ3n) is 2.46. The van der Waals surface area contributed by atoms with E-state index in [0.29, 0.717) is 5.25 Å². The van der Waals surface area contributed by atoms with Gasteiger partial charge >= 0.3 is 0 Å². The topological polar surface area (TPSA) is 81.7 Å². The summed E-state index contributed by atoms with van der Waals surface area (Å²) in [6.45, 7) is 0. The molecule has 8 heteroatoms. The molecule has 0 bridgehead atoms. The maximum Gasteiger partial charge on any atom is 0.176 e. The van der Waals surface area contributed by atoms with Crippen LogP contribution in [0.1, 0.15) is 5.82 Å². The van der Waals surface area contributed by atoms with Crippen molar-refractivity contribution >= 4 is 23.5 Å². The van der Waals surface area contributed by atoms with Gasteiger partial charge in [-0.05, 0) is 5.21 Å². The van der Waals surface area contributed by atoms with Crippen LogP contribution in [-0.4, -0.2) is 48.8 Å². The predicted molar refractivity (Wildman–Crippen MR) is 67.2 cm³/mol. The molecule has 6 nitrogen and oxygen atoms in total. The first-order chi connectivity index (χ1) is 7.79. The minimum Gasteiger partial charge on any atom is -0.271 e. The van der Waals surface area contributed by atoms with Gasteiger partial charge in [0, 0.05) is 35.0 Å². The second kappa shape index (κ2) is 5.85. The van der Waals surface area contributed by atoms with Crippen LogP contribution in [0.15, 0.2) is 0 Å². The Morgan fingerprint density at radius 2 is 2.50 bits per heavy atom. The SMILES string of the molecule is Cn1nnc(CC(NN)C2CSCCS2)n1. The van der Waals surface area contributed by atoms with Crippen LogP contribution in [-0.2, 0) is 13.5 Å². The molecular formula is C8H16N6S2. The Labute approximate surface area is 103 Å². The van der Waals surface area contributed by atoms with Crippen LogP contribution in [0.25, 0.3) is 0 Å². The summed E-state index contributed by atoms with van der Waals surface area (Å²) in [6.07, 6.45) is 0.739. The summed E-state index contributed by atoms with van der Waals surface area (Å²) in [5, 5.41) is 12.5. The minimum absolute atomic E-state index is 0.224. The van der Waals surface area contributed by atoms with E-state index in [2.05, 4.69) is 20.8 Å². The van der Waals surface area contributed by atoms with Crippen LogP contribution in [0.4, 0.5) is 0 Å². The van der Waals surface area contributed by atoms with Crippen molar-refractivity contribution < 1.29 is 0 Å². The maximum absolute atomic E-state index is 5.60. The zero-order chi connectivity index (χ0) is 11.4. The molecule has 0 spiro atoms. The first-order valence-electron chi connectivity index (χ1n) is 5.18. The molecule has 3 N–H and O–H groups in total. The maximum atomic E-state index is 5.60. The summed E-state index contributed by atoms with van der Waals surface area (Å²) >= 11 is 3.96. The molecule has 0 aliphatic carbocycles. The smallest absolute Gasteiger partial charge is 0.176 e. The molecule has 0 saturated carbocycles. The van der Waals surface area contributed by atoms with Crippen LogP contribution < -0.4 is 11.3 Å². The molecule has 1 aliphatic heterocycles. The van der Waals surface area contributed by atoms with Gasteiger partial charge in [0.2, 0.25) is 0 Å². The molecule has 0 aromatic carbocycles. The van der Waals surface area contributed by atoms with E-state index in [1.807, 2.05) is 23.5 Å². The van der Waals surface area contributed by atoms with Gasteiger partial charge in [0.25, 0.3) is 0 Å². The summed E-state index contributed by atoms with van der Waals surface area (Å²) in [5.41, 5.74) is 2.88. The van der Waals surface area contributed by atoms with E-state index < -0.39 is 0 Å². The second-order valence-corrected chi connectivity index (χ2v) is 6.15. The fraction of sp³-hybridized carbons (Fsp3) is 0.875. The van der Waals surface area contributed by atoms with Gasteiger partial charge in [0.15, 0.2) is 5.82 Å². The number of hydrazine groups is 1. The summed E-state index contributed by atoms with van der Waals surface area (Å²) in [4.78, 5) is 1.48. The van der Waals surface area contributed by atoms with Crippen LogP contribution in [0.5, 0.6) is 0 Å². The Balaban J connectivity index is 1.94. The summed E-state index contributed by atoms with van der Waals surface area (Å²) in [7, 11) is 1.77. The minimum atomic E-state index is 0.224. The molecule has 2 heterocycles. The lowest BCUT2D eigenvalue weighted by Gasteiger charge is -2.28. The average Bonchev–Trinajstić information content (AvgIpc) is 2.73. The Bertz CT molecular complexity index is 324. The summed E-state index contributed by atoms with van der Waals surface area (Å²) in [5.74, 6) is 9.93. The number of nitrogens with zero attached hydrogens (tertiary/aromatic N) is 4. The van der Waals surface area contributed by atoms with Gasteiger partial charge in [-0.1, -0.05) is 0 Å². The van der Waals surface area contributed by atoms with Gasteiger partial charge in [-0.2, -0.15) is 28.3 Å². The van der Waals surface area contributed by atoms with Gasteiger partial charge in [0.05, 0.1) is 7.05 Å². The first-order valence-corrected chi connectivity index (χ1v) is 7.38. The highest BCUT2D eigenvalue weighted by Crippen LogP contribution is 2.27. The van der Waals surface area contributed by atoms with Crippen molar-refractivity contribution in [2.45, 2.75) is 17.7 Å². The molecule has 0 amide bonds. The van der Waals surface area contributed by atoms with Gasteiger partial charge < -0.3 is 0 Å². The molecule has 1 aliphatic rings. The number of aryl methyl sites for hydroxylation is 1. The highest BCUT2D eigenvalue weighted by molar-refractivity contribution is 8.06. The monoisotopic (exact) mass is 260 g/mol. The average molecular weight is 260 g/mol. The van der Waals surface area contributed by atoms with E-state index >= 15 is 0 Å². The second-order valence-electron chi connectivity index (χ2n) is 3.66. The molecule has 1 aromatic heterocycles. The molecule has 2 unspecified atom stereocenters. The summed E-state index contributed by atoms with van der Waals surface area (Å²) < 4.78 is 0. The van der Waals surface area contributed by atoms with Crippen molar-refractivity contribution in [2.24, 2.45) is 12.9 Å². The van der Waals surface area contributed by atoms with Gasteiger partial charge in [-0.3, -0.25) is 11.3 Å². The quantitative estimate of drug-likeness (QED) is 0.554. The van der Waals surface area contributed by atoms with Gasteiger partial charge in [-0.25, -0.2) is 0 Å². The third-order valence-corrected chi connectivity index (χ3v) is 5.38. The molecular weight excluding hydrogens is 244 g/mol. The predicted octanol–water partition coefficient (Wildman–Crippen LogP) is -0.567. The highest BCUT2D eigenvalue weighted by atomic mass is 32.2. The molecule has 16 heavy (non-hydrogen) atoms. The van der Waals surface area contributed by atoms with E-state index in [9.17, 15) is 0 Å². The lowest BCUT2D eigenvalue weighted by atomic mass is 10.1. The van der Waals surface area contributed by atoms with Gasteiger partial charge in [0.1, 0.15) is 0 Å². The lowest BCUT2D eigenvalue weighted by Crippen LogP contribution is -2.46. The van der Waals surface area contributed by atoms with E-state index in [0.717, 1.165) is 18.0 Å². The van der Waals surface area contributed by atoms with E-state index in [1.165, 1.54) is 16.3 Å². The van der Waals surface area contributed by atoms with Crippen LogP contribution in [0.3, 0.4) is 0 Å². The molecule has 1 saturated heterocycles. The van der Waals surface area contributed by atoms with Crippen molar-refractivity contribution in [3.63, 3.8) is 0 Å². The largest absolute Gasteiger partial charge is 0.271 e. The fourth-order valence-corrected chi connectivity index (χ4v) is 4.51. The summed E-state index contributed by atoms with van der Waals surface area (Å²) in [6, 6.07) is 0.224. The fourth-order valence-electron chi connectivity index (χ4n) is 1.64. The van der Waals surface area contributed by atoms with Crippen LogP contribution >= 0.6 is 23.5 Å². The van der Waals surface area contributed by atoms with Crippen molar-refractivity contribution in [1.29, 1.82) is 0 Å². The lowest BCUT2D eigenvalue weighted by molar-refractivity contribution is 0.511. The number of aromatic nitrogens is 4. The van der Waals surface area contributed by atoms with Crippen LogP contribution in [0, 0.1) is 0 Å². The number of thioether (sulfide) groups is 2. The zero-order valence-electron chi connectivity index (χ0n) is 9.17. The first kappa shape index (κ1) is 12.2. The molecule has 0 radical (unpaired) electrons. The molecule has 2 rings (SSSR count). The Morgan fingerprint density at radius 3 is 3.06 bits per heavy atom.